The third-order valence-electron chi connectivity index (χ3n) is 7.21. The lowest BCUT2D eigenvalue weighted by Gasteiger charge is -2.32. The Morgan fingerprint density at radius 3 is 2.29 bits per heavy atom. The van der Waals surface area contributed by atoms with Crippen molar-refractivity contribution in [1.29, 1.82) is 0 Å². The zero-order chi connectivity index (χ0) is 26.5. The van der Waals surface area contributed by atoms with Crippen LogP contribution in [0.3, 0.4) is 0 Å². The summed E-state index contributed by atoms with van der Waals surface area (Å²) in [6.07, 6.45) is 4.25. The average molecular weight is 519 g/mol. The van der Waals surface area contributed by atoms with Crippen molar-refractivity contribution in [3.63, 3.8) is 0 Å². The van der Waals surface area contributed by atoms with E-state index in [1.807, 2.05) is 18.2 Å². The number of aromatic nitrogens is 1. The number of amides is 1. The second kappa shape index (κ2) is 11.7. The van der Waals surface area contributed by atoms with Crippen LogP contribution in [0, 0.1) is 11.6 Å². The highest BCUT2D eigenvalue weighted by atomic mass is 19.1. The number of halogens is 2. The minimum Gasteiger partial charge on any atom is -0.489 e. The largest absolute Gasteiger partial charge is 0.489 e. The maximum atomic E-state index is 13.1. The molecule has 3 aromatic rings. The van der Waals surface area contributed by atoms with Gasteiger partial charge in [-0.15, -0.1) is 0 Å². The Morgan fingerprint density at radius 1 is 0.947 bits per heavy atom. The van der Waals surface area contributed by atoms with Crippen molar-refractivity contribution in [3.8, 4) is 5.75 Å². The molecule has 0 saturated carbocycles. The molecule has 1 amide bonds. The third-order valence-corrected chi connectivity index (χ3v) is 7.21. The van der Waals surface area contributed by atoms with Gasteiger partial charge in [0.25, 0.3) is 5.91 Å². The summed E-state index contributed by atoms with van der Waals surface area (Å²) in [5, 5.41) is 3.11. The lowest BCUT2D eigenvalue weighted by Crippen LogP contribution is -2.44. The van der Waals surface area contributed by atoms with Crippen LogP contribution in [0.25, 0.3) is 5.70 Å². The molecular formula is C30H32F2N4O2. The molecule has 1 atom stereocenters. The maximum absolute atomic E-state index is 13.1. The van der Waals surface area contributed by atoms with Gasteiger partial charge in [-0.05, 0) is 66.9 Å². The molecule has 0 radical (unpaired) electrons. The van der Waals surface area contributed by atoms with Crippen molar-refractivity contribution in [2.75, 3.05) is 26.2 Å². The summed E-state index contributed by atoms with van der Waals surface area (Å²) >= 11 is 0. The van der Waals surface area contributed by atoms with Gasteiger partial charge in [-0.25, -0.2) is 8.78 Å². The molecule has 0 unspecified atom stereocenters. The molecule has 8 heteroatoms. The number of hydrogen-bond acceptors (Lipinski definition) is 5. The first kappa shape index (κ1) is 25.9. The molecule has 1 N–H and O–H groups in total. The molecule has 2 fully saturated rings. The van der Waals surface area contributed by atoms with Crippen molar-refractivity contribution < 1.29 is 18.3 Å². The number of nitrogens with zero attached hydrogens (tertiary/aromatic N) is 3. The highest BCUT2D eigenvalue weighted by Gasteiger charge is 2.26. The lowest BCUT2D eigenvalue weighted by atomic mass is 10.0. The molecule has 198 valence electrons. The van der Waals surface area contributed by atoms with Crippen LogP contribution in [0.4, 0.5) is 8.78 Å². The fourth-order valence-corrected chi connectivity index (χ4v) is 5.00. The van der Waals surface area contributed by atoms with Crippen LogP contribution >= 0.6 is 0 Å². The predicted molar refractivity (Wildman–Crippen MR) is 142 cm³/mol. The van der Waals surface area contributed by atoms with Crippen LogP contribution < -0.4 is 10.1 Å². The van der Waals surface area contributed by atoms with E-state index in [0.717, 1.165) is 62.3 Å². The Labute approximate surface area is 221 Å². The number of ether oxygens (including phenoxy) is 1. The second-order valence-electron chi connectivity index (χ2n) is 9.96. The van der Waals surface area contributed by atoms with E-state index in [0.29, 0.717) is 18.0 Å². The quantitative estimate of drug-likeness (QED) is 0.461. The summed E-state index contributed by atoms with van der Waals surface area (Å²) in [5.74, 6) is -0.0289. The standard InChI is InChI=1S/C30H32F2N4O2/c1-21(36-17-14-28(20-36)38-27-9-7-25(32)8-10-27)23-4-11-29(33-18-23)30(37)34-26-12-15-35(16-13-26)19-22-2-5-24(31)6-3-22/h2-11,18,26,28H,1,12-17,19-20H2,(H,34,37)/t28-/m0/s1. The maximum Gasteiger partial charge on any atom is 0.270 e. The molecule has 2 aliphatic rings. The number of likely N-dealkylation sites (tertiary alicyclic amines) is 2. The number of carbonyl (C=O) groups excluding carboxylic acids is 1. The van der Waals surface area contributed by atoms with E-state index in [1.165, 1.54) is 24.3 Å². The number of piperidine rings is 1. The minimum absolute atomic E-state index is 0.00247. The van der Waals surface area contributed by atoms with Gasteiger partial charge >= 0.3 is 0 Å². The van der Waals surface area contributed by atoms with Gasteiger partial charge in [0.1, 0.15) is 29.2 Å². The molecule has 2 aliphatic heterocycles. The highest BCUT2D eigenvalue weighted by molar-refractivity contribution is 5.92. The molecule has 2 saturated heterocycles. The molecule has 3 heterocycles. The topological polar surface area (TPSA) is 57.7 Å². The number of benzene rings is 2. The van der Waals surface area contributed by atoms with Gasteiger partial charge in [-0.1, -0.05) is 18.7 Å². The average Bonchev–Trinajstić information content (AvgIpc) is 3.40. The van der Waals surface area contributed by atoms with Crippen molar-refractivity contribution in [2.45, 2.75) is 38.0 Å². The zero-order valence-electron chi connectivity index (χ0n) is 21.3. The summed E-state index contributed by atoms with van der Waals surface area (Å²) in [7, 11) is 0. The summed E-state index contributed by atoms with van der Waals surface area (Å²) in [6.45, 7) is 8.23. The summed E-state index contributed by atoms with van der Waals surface area (Å²) in [5.41, 5.74) is 3.17. The monoisotopic (exact) mass is 518 g/mol. The van der Waals surface area contributed by atoms with E-state index in [9.17, 15) is 13.6 Å². The van der Waals surface area contributed by atoms with E-state index in [2.05, 4.69) is 26.7 Å². The van der Waals surface area contributed by atoms with Crippen LogP contribution in [0.2, 0.25) is 0 Å². The first-order chi connectivity index (χ1) is 18.4. The van der Waals surface area contributed by atoms with Crippen molar-refractivity contribution >= 4 is 11.6 Å². The van der Waals surface area contributed by atoms with Crippen LogP contribution in [0.5, 0.6) is 5.75 Å². The number of carbonyl (C=O) groups is 1. The summed E-state index contributed by atoms with van der Waals surface area (Å²) in [6, 6.07) is 16.4. The third kappa shape index (κ3) is 6.55. The minimum atomic E-state index is -0.285. The SMILES string of the molecule is C=C(c1ccc(C(=O)NC2CCN(Cc3ccc(F)cc3)CC2)nc1)N1CC[C@H](Oc2ccc(F)cc2)C1. The molecule has 6 nitrogen and oxygen atoms in total. The number of rotatable bonds is 8. The van der Waals surface area contributed by atoms with E-state index in [1.54, 1.807) is 24.4 Å². The van der Waals surface area contributed by atoms with Gasteiger partial charge in [-0.2, -0.15) is 0 Å². The van der Waals surface area contributed by atoms with E-state index < -0.39 is 0 Å². The Hall–Kier alpha value is -3.78. The smallest absolute Gasteiger partial charge is 0.270 e. The molecule has 0 aliphatic carbocycles. The lowest BCUT2D eigenvalue weighted by molar-refractivity contribution is 0.0904. The van der Waals surface area contributed by atoms with Crippen molar-refractivity contribution in [1.82, 2.24) is 20.1 Å². The Kier molecular flexibility index (Phi) is 7.98. The zero-order valence-corrected chi connectivity index (χ0v) is 21.3. The Balaban J connectivity index is 1.07. The molecule has 0 bridgehead atoms. The number of pyridine rings is 1. The molecule has 2 aromatic carbocycles. The van der Waals surface area contributed by atoms with Gasteiger partial charge in [0.15, 0.2) is 0 Å². The van der Waals surface area contributed by atoms with Crippen LogP contribution in [0.15, 0.2) is 73.4 Å². The Bertz CT molecular complexity index is 1240. The van der Waals surface area contributed by atoms with E-state index >= 15 is 0 Å². The van der Waals surface area contributed by atoms with Gasteiger partial charge in [0, 0.05) is 56.1 Å². The van der Waals surface area contributed by atoms with Crippen molar-refractivity contribution in [3.05, 3.63) is 102 Å². The summed E-state index contributed by atoms with van der Waals surface area (Å²) < 4.78 is 32.2. The number of nitrogens with one attached hydrogen (secondary N) is 1. The predicted octanol–water partition coefficient (Wildman–Crippen LogP) is 4.88. The van der Waals surface area contributed by atoms with E-state index in [4.69, 9.17) is 4.74 Å². The van der Waals surface area contributed by atoms with Crippen LogP contribution in [0.1, 0.15) is 40.9 Å². The first-order valence-corrected chi connectivity index (χ1v) is 13.0. The molecule has 5 rings (SSSR count). The van der Waals surface area contributed by atoms with Gasteiger partial charge in [-0.3, -0.25) is 14.7 Å². The molecule has 38 heavy (non-hydrogen) atoms. The fourth-order valence-electron chi connectivity index (χ4n) is 5.00. The van der Waals surface area contributed by atoms with Gasteiger partial charge in [0.05, 0.1) is 6.54 Å². The molecule has 0 spiro atoms. The van der Waals surface area contributed by atoms with E-state index in [-0.39, 0.29) is 29.7 Å². The second-order valence-corrected chi connectivity index (χ2v) is 9.96. The Morgan fingerprint density at radius 2 is 1.63 bits per heavy atom. The van der Waals surface area contributed by atoms with Gasteiger partial charge < -0.3 is 15.0 Å². The fraction of sp³-hybridized carbons (Fsp3) is 0.333. The number of hydrogen-bond donors (Lipinski definition) is 1. The molecule has 1 aromatic heterocycles. The van der Waals surface area contributed by atoms with Crippen LogP contribution in [-0.2, 0) is 6.54 Å². The van der Waals surface area contributed by atoms with Gasteiger partial charge in [0.2, 0.25) is 0 Å². The normalized spacial score (nSPS) is 18.4. The summed E-state index contributed by atoms with van der Waals surface area (Å²) in [4.78, 5) is 21.7. The first-order valence-electron chi connectivity index (χ1n) is 13.0. The van der Waals surface area contributed by atoms with Crippen LogP contribution in [-0.4, -0.2) is 59.0 Å². The highest BCUT2D eigenvalue weighted by Crippen LogP contribution is 2.25. The molecular weight excluding hydrogens is 486 g/mol. The van der Waals surface area contributed by atoms with Crippen molar-refractivity contribution in [2.24, 2.45) is 0 Å².